The third-order valence-corrected chi connectivity index (χ3v) is 2.10. The van der Waals surface area contributed by atoms with Crippen LogP contribution in [0.15, 0.2) is 12.1 Å². The van der Waals surface area contributed by atoms with Crippen molar-refractivity contribution in [1.29, 1.82) is 0 Å². The summed E-state index contributed by atoms with van der Waals surface area (Å²) in [7, 11) is -1.69. The Balaban J connectivity index is 3.27. The molecular formula is C7H8BClO3. The van der Waals surface area contributed by atoms with E-state index in [1.54, 1.807) is 13.0 Å². The van der Waals surface area contributed by atoms with Gasteiger partial charge >= 0.3 is 7.12 Å². The van der Waals surface area contributed by atoms with Gasteiger partial charge in [-0.1, -0.05) is 23.7 Å². The van der Waals surface area contributed by atoms with Crippen LogP contribution in [0.2, 0.25) is 5.02 Å². The van der Waals surface area contributed by atoms with Gasteiger partial charge in [-0.25, -0.2) is 0 Å². The highest BCUT2D eigenvalue weighted by atomic mass is 35.5. The van der Waals surface area contributed by atoms with Gasteiger partial charge in [-0.3, -0.25) is 0 Å². The van der Waals surface area contributed by atoms with E-state index in [0.717, 1.165) is 0 Å². The number of hydrogen-bond acceptors (Lipinski definition) is 3. The van der Waals surface area contributed by atoms with Crippen LogP contribution in [0.1, 0.15) is 5.56 Å². The lowest BCUT2D eigenvalue weighted by Crippen LogP contribution is -2.30. The number of rotatable bonds is 1. The van der Waals surface area contributed by atoms with Crippen LogP contribution in [0.25, 0.3) is 0 Å². The first-order valence-electron chi connectivity index (χ1n) is 3.38. The molecule has 0 aliphatic carbocycles. The summed E-state index contributed by atoms with van der Waals surface area (Å²) < 4.78 is 0. The monoisotopic (exact) mass is 186 g/mol. The third-order valence-electron chi connectivity index (χ3n) is 1.62. The molecule has 0 amide bonds. The molecule has 0 unspecified atom stereocenters. The molecule has 0 saturated carbocycles. The molecule has 3 nitrogen and oxygen atoms in total. The lowest BCUT2D eigenvalue weighted by atomic mass is 9.79. The van der Waals surface area contributed by atoms with Gasteiger partial charge in [-0.05, 0) is 12.5 Å². The van der Waals surface area contributed by atoms with Crippen molar-refractivity contribution in [3.8, 4) is 5.75 Å². The van der Waals surface area contributed by atoms with E-state index in [9.17, 15) is 5.11 Å². The third kappa shape index (κ3) is 1.55. The molecule has 0 heterocycles. The average Bonchev–Trinajstić information content (AvgIpc) is 2.00. The van der Waals surface area contributed by atoms with Crippen molar-refractivity contribution in [3.05, 3.63) is 22.7 Å². The molecule has 0 fully saturated rings. The molecule has 1 aromatic rings. The Labute approximate surface area is 75.4 Å². The molecule has 0 aliphatic heterocycles. The van der Waals surface area contributed by atoms with E-state index in [4.69, 9.17) is 21.6 Å². The van der Waals surface area contributed by atoms with E-state index in [-0.39, 0.29) is 16.2 Å². The fraction of sp³-hybridized carbons (Fsp3) is 0.143. The smallest absolute Gasteiger partial charge is 0.492 e. The second-order valence-electron chi connectivity index (χ2n) is 2.51. The number of benzene rings is 1. The topological polar surface area (TPSA) is 60.7 Å². The summed E-state index contributed by atoms with van der Waals surface area (Å²) in [6.45, 7) is 1.72. The van der Waals surface area contributed by atoms with E-state index in [0.29, 0.717) is 5.56 Å². The molecule has 0 aromatic heterocycles. The van der Waals surface area contributed by atoms with Gasteiger partial charge in [0, 0.05) is 5.46 Å². The maximum Gasteiger partial charge on any atom is 0.492 e. The molecule has 64 valence electrons. The van der Waals surface area contributed by atoms with E-state index < -0.39 is 7.12 Å². The second kappa shape index (κ2) is 3.35. The largest absolute Gasteiger partial charge is 0.507 e. The van der Waals surface area contributed by atoms with Gasteiger partial charge in [0.25, 0.3) is 0 Å². The predicted octanol–water partition coefficient (Wildman–Crippen LogP) is 0.0338. The molecule has 0 spiro atoms. The molecule has 0 radical (unpaired) electrons. The minimum absolute atomic E-state index is 0.0191. The number of aryl methyl sites for hydroxylation is 1. The fourth-order valence-electron chi connectivity index (χ4n) is 0.889. The fourth-order valence-corrected chi connectivity index (χ4v) is 1.06. The normalized spacial score (nSPS) is 10.0. The first-order chi connectivity index (χ1) is 5.54. The zero-order valence-corrected chi connectivity index (χ0v) is 7.21. The Kier molecular flexibility index (Phi) is 2.62. The van der Waals surface area contributed by atoms with Crippen LogP contribution in [0.5, 0.6) is 5.75 Å². The van der Waals surface area contributed by atoms with Crippen molar-refractivity contribution >= 4 is 24.2 Å². The molecular weight excluding hydrogens is 178 g/mol. The second-order valence-corrected chi connectivity index (χ2v) is 2.89. The van der Waals surface area contributed by atoms with Crippen LogP contribution in [0.3, 0.4) is 0 Å². The maximum absolute atomic E-state index is 9.30. The van der Waals surface area contributed by atoms with Crippen molar-refractivity contribution < 1.29 is 15.2 Å². The van der Waals surface area contributed by atoms with Crippen LogP contribution in [-0.4, -0.2) is 22.3 Å². The summed E-state index contributed by atoms with van der Waals surface area (Å²) in [6, 6.07) is 3.03. The van der Waals surface area contributed by atoms with Crippen molar-refractivity contribution in [2.45, 2.75) is 6.92 Å². The SMILES string of the molecule is Cc1ccc(B(O)O)c(O)c1Cl. The predicted molar refractivity (Wildman–Crippen MR) is 47.7 cm³/mol. The molecule has 12 heavy (non-hydrogen) atoms. The highest BCUT2D eigenvalue weighted by Crippen LogP contribution is 2.24. The van der Waals surface area contributed by atoms with Crippen LogP contribution < -0.4 is 5.46 Å². The van der Waals surface area contributed by atoms with Crippen molar-refractivity contribution in [1.82, 2.24) is 0 Å². The highest BCUT2D eigenvalue weighted by molar-refractivity contribution is 6.60. The lowest BCUT2D eigenvalue weighted by Gasteiger charge is -2.06. The lowest BCUT2D eigenvalue weighted by molar-refractivity contribution is 0.419. The number of phenols is 1. The van der Waals surface area contributed by atoms with Gasteiger partial charge in [0.15, 0.2) is 0 Å². The minimum Gasteiger partial charge on any atom is -0.507 e. The Morgan fingerprint density at radius 1 is 1.33 bits per heavy atom. The highest BCUT2D eigenvalue weighted by Gasteiger charge is 2.18. The number of phenolic OH excluding ortho intramolecular Hbond substituents is 1. The number of aromatic hydroxyl groups is 1. The standard InChI is InChI=1S/C7H8BClO3/c1-4-2-3-5(8(11)12)7(10)6(4)9/h2-3,10-12H,1H3. The molecule has 1 aromatic carbocycles. The van der Waals surface area contributed by atoms with E-state index in [2.05, 4.69) is 0 Å². The molecule has 0 saturated heterocycles. The Bertz CT molecular complexity index is 301. The Morgan fingerprint density at radius 3 is 2.42 bits per heavy atom. The molecule has 5 heteroatoms. The van der Waals surface area contributed by atoms with Gasteiger partial charge in [-0.2, -0.15) is 0 Å². The van der Waals surface area contributed by atoms with E-state index in [1.165, 1.54) is 6.07 Å². The summed E-state index contributed by atoms with van der Waals surface area (Å²) in [5.74, 6) is -0.272. The van der Waals surface area contributed by atoms with Crippen LogP contribution in [0, 0.1) is 6.92 Å². The average molecular weight is 186 g/mol. The molecule has 0 bridgehead atoms. The van der Waals surface area contributed by atoms with Gasteiger partial charge in [0.05, 0.1) is 5.02 Å². The number of halogens is 1. The first kappa shape index (κ1) is 9.38. The van der Waals surface area contributed by atoms with E-state index in [1.807, 2.05) is 0 Å². The van der Waals surface area contributed by atoms with Crippen molar-refractivity contribution in [3.63, 3.8) is 0 Å². The molecule has 1 rings (SSSR count). The molecule has 0 aliphatic rings. The summed E-state index contributed by atoms with van der Waals surface area (Å²) in [5.41, 5.74) is 0.712. The molecule has 3 N–H and O–H groups in total. The van der Waals surface area contributed by atoms with E-state index >= 15 is 0 Å². The molecule has 0 atom stereocenters. The van der Waals surface area contributed by atoms with Crippen LogP contribution in [-0.2, 0) is 0 Å². The Morgan fingerprint density at radius 2 is 1.92 bits per heavy atom. The number of hydrogen-bond donors (Lipinski definition) is 3. The van der Waals surface area contributed by atoms with Gasteiger partial charge in [0.2, 0.25) is 0 Å². The van der Waals surface area contributed by atoms with Crippen molar-refractivity contribution in [2.24, 2.45) is 0 Å². The quantitative estimate of drug-likeness (QED) is 0.543. The Hall–Kier alpha value is -0.705. The minimum atomic E-state index is -1.69. The van der Waals surface area contributed by atoms with Crippen molar-refractivity contribution in [2.75, 3.05) is 0 Å². The zero-order chi connectivity index (χ0) is 9.30. The summed E-state index contributed by atoms with van der Waals surface area (Å²) in [5, 5.41) is 27.0. The zero-order valence-electron chi connectivity index (χ0n) is 6.45. The van der Waals surface area contributed by atoms with Crippen LogP contribution >= 0.6 is 11.6 Å². The van der Waals surface area contributed by atoms with Gasteiger partial charge in [-0.15, -0.1) is 0 Å². The van der Waals surface area contributed by atoms with Gasteiger partial charge < -0.3 is 15.2 Å². The summed E-state index contributed by atoms with van der Waals surface area (Å²) >= 11 is 5.65. The maximum atomic E-state index is 9.30. The van der Waals surface area contributed by atoms with Crippen LogP contribution in [0.4, 0.5) is 0 Å². The first-order valence-corrected chi connectivity index (χ1v) is 3.76. The van der Waals surface area contributed by atoms with Gasteiger partial charge in [0.1, 0.15) is 5.75 Å². The summed E-state index contributed by atoms with van der Waals surface area (Å²) in [4.78, 5) is 0. The summed E-state index contributed by atoms with van der Waals surface area (Å²) in [6.07, 6.45) is 0.